The first kappa shape index (κ1) is 22.4. The topological polar surface area (TPSA) is 106 Å². The quantitative estimate of drug-likeness (QED) is 0.628. The summed E-state index contributed by atoms with van der Waals surface area (Å²) in [6.07, 6.45) is 2.50. The number of likely N-dealkylation sites (N-methyl/N-ethyl adjacent to an activating group) is 1. The van der Waals surface area contributed by atoms with Crippen LogP contribution in [0.1, 0.15) is 24.6 Å². The van der Waals surface area contributed by atoms with Gasteiger partial charge in [0, 0.05) is 51.2 Å². The summed E-state index contributed by atoms with van der Waals surface area (Å²) in [5, 5.41) is 0. The van der Waals surface area contributed by atoms with Gasteiger partial charge < -0.3 is 14.0 Å². The van der Waals surface area contributed by atoms with E-state index in [9.17, 15) is 14.2 Å². The van der Waals surface area contributed by atoms with Gasteiger partial charge in [-0.3, -0.25) is 23.8 Å². The highest BCUT2D eigenvalue weighted by atomic mass is 31.2. The van der Waals surface area contributed by atoms with E-state index in [2.05, 4.69) is 4.98 Å². The highest BCUT2D eigenvalue weighted by molar-refractivity contribution is 7.55. The number of hydrogen-bond donors (Lipinski definition) is 1. The third kappa shape index (κ3) is 5.25. The van der Waals surface area contributed by atoms with Crippen LogP contribution >= 0.6 is 7.52 Å². The Bertz CT molecular complexity index is 871. The van der Waals surface area contributed by atoms with Gasteiger partial charge in [-0.2, -0.15) is 0 Å². The highest BCUT2D eigenvalue weighted by Crippen LogP contribution is 2.51. The molecule has 3 rings (SSSR count). The van der Waals surface area contributed by atoms with Crippen LogP contribution in [0.5, 0.6) is 0 Å². The second-order valence-electron chi connectivity index (χ2n) is 7.93. The van der Waals surface area contributed by atoms with Crippen LogP contribution in [0, 0.1) is 6.92 Å². The van der Waals surface area contributed by atoms with Crippen LogP contribution in [-0.2, 0) is 18.6 Å². The molecular formula is C18H31N4O6P. The molecule has 2 unspecified atom stereocenters. The molecule has 10 nitrogen and oxygen atoms in total. The summed E-state index contributed by atoms with van der Waals surface area (Å²) in [4.78, 5) is 28.2. The van der Waals surface area contributed by atoms with Crippen molar-refractivity contribution in [1.29, 1.82) is 0 Å². The van der Waals surface area contributed by atoms with Gasteiger partial charge in [-0.1, -0.05) is 0 Å². The molecular weight excluding hydrogens is 399 g/mol. The molecule has 0 amide bonds. The van der Waals surface area contributed by atoms with E-state index >= 15 is 0 Å². The summed E-state index contributed by atoms with van der Waals surface area (Å²) in [6.45, 7) is 5.77. The van der Waals surface area contributed by atoms with E-state index in [4.69, 9.17) is 14.0 Å². The number of aromatic amines is 1. The predicted molar refractivity (Wildman–Crippen MR) is 109 cm³/mol. The normalized spacial score (nSPS) is 28.5. The van der Waals surface area contributed by atoms with Crippen molar-refractivity contribution in [2.45, 2.75) is 38.1 Å². The number of methoxy groups -OCH3 is 1. The Morgan fingerprint density at radius 2 is 2.07 bits per heavy atom. The number of rotatable bonds is 7. The molecule has 2 aliphatic heterocycles. The summed E-state index contributed by atoms with van der Waals surface area (Å²) < 4.78 is 33.7. The summed E-state index contributed by atoms with van der Waals surface area (Å²) >= 11 is 0. The van der Waals surface area contributed by atoms with Crippen molar-refractivity contribution >= 4 is 7.52 Å². The Hall–Kier alpha value is -1.29. The number of nitrogens with one attached hydrogen (secondary N) is 1. The number of nitrogens with zero attached hydrogens (tertiary/aromatic N) is 3. The van der Waals surface area contributed by atoms with E-state index < -0.39 is 25.0 Å². The molecule has 0 spiro atoms. The lowest BCUT2D eigenvalue weighted by molar-refractivity contribution is -0.128. The second kappa shape index (κ2) is 9.24. The zero-order valence-corrected chi connectivity index (χ0v) is 18.4. The molecule has 0 saturated carbocycles. The Kier molecular flexibility index (Phi) is 7.14. The number of morpholine rings is 1. The zero-order chi connectivity index (χ0) is 21.2. The molecule has 0 bridgehead atoms. The number of aromatic nitrogens is 2. The van der Waals surface area contributed by atoms with Gasteiger partial charge in [0.2, 0.25) is 0 Å². The first-order chi connectivity index (χ1) is 13.7. The van der Waals surface area contributed by atoms with Crippen LogP contribution in [0.15, 0.2) is 15.8 Å². The average Bonchev–Trinajstić information content (AvgIpc) is 3.12. The van der Waals surface area contributed by atoms with Crippen LogP contribution < -0.4 is 11.2 Å². The molecule has 4 atom stereocenters. The van der Waals surface area contributed by atoms with Crippen molar-refractivity contribution in [3.8, 4) is 0 Å². The minimum atomic E-state index is -2.99. The fourth-order valence-electron chi connectivity index (χ4n) is 4.00. The minimum Gasteiger partial charge on any atom is -0.383 e. The van der Waals surface area contributed by atoms with Crippen molar-refractivity contribution < 1.29 is 18.6 Å². The van der Waals surface area contributed by atoms with E-state index in [1.807, 2.05) is 16.6 Å². The molecule has 1 aromatic heterocycles. The van der Waals surface area contributed by atoms with E-state index in [0.717, 1.165) is 19.4 Å². The molecule has 11 heteroatoms. The number of ether oxygens (including phenoxy) is 2. The third-order valence-corrected chi connectivity index (χ3v) is 7.55. The second-order valence-corrected chi connectivity index (χ2v) is 10.3. The van der Waals surface area contributed by atoms with Gasteiger partial charge in [0.15, 0.2) is 6.23 Å². The molecule has 29 heavy (non-hydrogen) atoms. The molecule has 0 aromatic carbocycles. The lowest BCUT2D eigenvalue weighted by Crippen LogP contribution is -2.48. The van der Waals surface area contributed by atoms with Crippen LogP contribution in [0.2, 0.25) is 0 Å². The lowest BCUT2D eigenvalue weighted by atomic mass is 10.2. The number of hydrogen-bond acceptors (Lipinski definition) is 7. The Morgan fingerprint density at radius 1 is 1.31 bits per heavy atom. The van der Waals surface area contributed by atoms with Gasteiger partial charge in [0.05, 0.1) is 19.3 Å². The molecule has 2 fully saturated rings. The fourth-order valence-corrected chi connectivity index (χ4v) is 5.87. The molecule has 1 N–H and O–H groups in total. The molecule has 1 aromatic rings. The van der Waals surface area contributed by atoms with E-state index in [1.165, 1.54) is 10.8 Å². The van der Waals surface area contributed by atoms with Crippen molar-refractivity contribution in [3.63, 3.8) is 0 Å². The molecule has 164 valence electrons. The summed E-state index contributed by atoms with van der Waals surface area (Å²) in [5.74, 6) is 0. The summed E-state index contributed by atoms with van der Waals surface area (Å²) in [7, 11) is 0.577. The van der Waals surface area contributed by atoms with Crippen molar-refractivity contribution in [2.24, 2.45) is 0 Å². The summed E-state index contributed by atoms with van der Waals surface area (Å²) in [5.41, 5.74) is -0.481. The largest absolute Gasteiger partial charge is 0.383 e. The van der Waals surface area contributed by atoms with Gasteiger partial charge in [-0.15, -0.1) is 0 Å². The highest BCUT2D eigenvalue weighted by Gasteiger charge is 2.38. The van der Waals surface area contributed by atoms with Crippen molar-refractivity contribution in [3.05, 3.63) is 32.6 Å². The van der Waals surface area contributed by atoms with Gasteiger partial charge in [0.1, 0.15) is 0 Å². The molecule has 0 aliphatic carbocycles. The SMILES string of the molecule is COC[C@H]1CCCN1P(C)(=O)OC[C@@H]1CN(C)CC(n2cc(C)c(=O)[nH]c2=O)O1. The zero-order valence-electron chi connectivity index (χ0n) is 17.5. The third-order valence-electron chi connectivity index (χ3n) is 5.46. The van der Waals surface area contributed by atoms with Crippen LogP contribution in [-0.4, -0.2) is 84.9 Å². The molecule has 0 radical (unpaired) electrons. The number of H-pyrrole nitrogens is 1. The van der Waals surface area contributed by atoms with Gasteiger partial charge in [-0.25, -0.2) is 9.46 Å². The number of aryl methyl sites for hydroxylation is 1. The Labute approximate surface area is 170 Å². The fraction of sp³-hybridized carbons (Fsp3) is 0.778. The molecule has 2 aliphatic rings. The average molecular weight is 430 g/mol. The first-order valence-corrected chi connectivity index (χ1v) is 11.9. The first-order valence-electron chi connectivity index (χ1n) is 9.85. The minimum absolute atomic E-state index is 0.0984. The van der Waals surface area contributed by atoms with E-state index in [-0.39, 0.29) is 18.8 Å². The van der Waals surface area contributed by atoms with Crippen molar-refractivity contribution in [1.82, 2.24) is 19.1 Å². The Balaban J connectivity index is 1.67. The monoisotopic (exact) mass is 430 g/mol. The smallest absolute Gasteiger partial charge is 0.330 e. The predicted octanol–water partition coefficient (Wildman–Crippen LogP) is 0.625. The van der Waals surface area contributed by atoms with Crippen LogP contribution in [0.4, 0.5) is 0 Å². The van der Waals surface area contributed by atoms with Gasteiger partial charge in [0.25, 0.3) is 13.1 Å². The standard InChI is InChI=1S/C18H31N4O6P/c1-13-8-21(18(24)19-17(13)23)16-10-20(2)9-15(28-16)12-27-29(4,25)22-7-5-6-14(22)11-26-3/h8,14-16H,5-7,9-12H2,1-4H3,(H,19,23,24)/t14-,15+,16?,29?/m1/s1. The maximum absolute atomic E-state index is 13.2. The van der Waals surface area contributed by atoms with E-state index in [0.29, 0.717) is 25.3 Å². The molecule has 3 heterocycles. The van der Waals surface area contributed by atoms with Gasteiger partial charge >= 0.3 is 5.69 Å². The maximum atomic E-state index is 13.2. The lowest BCUT2D eigenvalue weighted by Gasteiger charge is -2.37. The maximum Gasteiger partial charge on any atom is 0.330 e. The van der Waals surface area contributed by atoms with Crippen molar-refractivity contribution in [2.75, 3.05) is 53.7 Å². The Morgan fingerprint density at radius 3 is 2.79 bits per heavy atom. The van der Waals surface area contributed by atoms with Gasteiger partial charge in [-0.05, 0) is 26.8 Å². The van der Waals surface area contributed by atoms with Crippen LogP contribution in [0.3, 0.4) is 0 Å². The summed E-state index contributed by atoms with van der Waals surface area (Å²) in [6, 6.07) is 0.0984. The van der Waals surface area contributed by atoms with Crippen LogP contribution in [0.25, 0.3) is 0 Å². The van der Waals surface area contributed by atoms with E-state index in [1.54, 1.807) is 20.7 Å². The molecule has 2 saturated heterocycles.